The first-order chi connectivity index (χ1) is 13.3. The Kier molecular flexibility index (Phi) is 4.99. The number of imide groups is 1. The van der Waals surface area contributed by atoms with E-state index in [-0.39, 0.29) is 11.5 Å². The van der Waals surface area contributed by atoms with E-state index < -0.39 is 30.4 Å². The molecule has 3 rings (SSSR count). The van der Waals surface area contributed by atoms with Crippen LogP contribution in [0.5, 0.6) is 0 Å². The van der Waals surface area contributed by atoms with Crippen LogP contribution >= 0.6 is 0 Å². The first kappa shape index (κ1) is 18.9. The van der Waals surface area contributed by atoms with Crippen molar-refractivity contribution in [3.8, 4) is 11.3 Å². The minimum Gasteiger partial charge on any atom is -0.480 e. The predicted molar refractivity (Wildman–Crippen MR) is 96.1 cm³/mol. The summed E-state index contributed by atoms with van der Waals surface area (Å²) in [5, 5.41) is 11.1. The SMILES string of the molecule is COC(=O)c1ccc(C)c(-c2ccc(/C=C3/NC(=O)N(CC(=O)O)C3=O)o2)c1. The van der Waals surface area contributed by atoms with Crippen LogP contribution in [-0.2, 0) is 14.3 Å². The molecule has 2 N–H and O–H groups in total. The highest BCUT2D eigenvalue weighted by atomic mass is 16.5. The lowest BCUT2D eigenvalue weighted by Crippen LogP contribution is -2.35. The highest BCUT2D eigenvalue weighted by Crippen LogP contribution is 2.28. The Morgan fingerprint density at radius 2 is 2.00 bits per heavy atom. The van der Waals surface area contributed by atoms with Crippen molar-refractivity contribution in [2.24, 2.45) is 0 Å². The van der Waals surface area contributed by atoms with Gasteiger partial charge in [0.15, 0.2) is 0 Å². The Bertz CT molecular complexity index is 1020. The third-order valence-electron chi connectivity index (χ3n) is 4.09. The van der Waals surface area contributed by atoms with Crippen LogP contribution < -0.4 is 5.32 Å². The predicted octanol–water partition coefficient (Wildman–Crippen LogP) is 2.02. The van der Waals surface area contributed by atoms with Gasteiger partial charge in [0.25, 0.3) is 5.91 Å². The van der Waals surface area contributed by atoms with E-state index in [4.69, 9.17) is 14.3 Å². The van der Waals surface area contributed by atoms with E-state index in [1.807, 2.05) is 6.92 Å². The van der Waals surface area contributed by atoms with Gasteiger partial charge >= 0.3 is 18.0 Å². The number of hydrogen-bond acceptors (Lipinski definition) is 6. The Morgan fingerprint density at radius 3 is 2.68 bits per heavy atom. The van der Waals surface area contributed by atoms with Gasteiger partial charge in [-0.2, -0.15) is 0 Å². The summed E-state index contributed by atoms with van der Waals surface area (Å²) in [5.41, 5.74) is 1.80. The number of nitrogens with one attached hydrogen (secondary N) is 1. The second-order valence-corrected chi connectivity index (χ2v) is 6.00. The number of aliphatic carboxylic acids is 1. The van der Waals surface area contributed by atoms with Crippen molar-refractivity contribution < 1.29 is 33.4 Å². The van der Waals surface area contributed by atoms with Gasteiger partial charge in [0.2, 0.25) is 0 Å². The zero-order valence-corrected chi connectivity index (χ0v) is 15.0. The van der Waals surface area contributed by atoms with Gasteiger partial charge in [-0.1, -0.05) is 6.07 Å². The van der Waals surface area contributed by atoms with E-state index >= 15 is 0 Å². The van der Waals surface area contributed by atoms with Crippen molar-refractivity contribution in [3.63, 3.8) is 0 Å². The van der Waals surface area contributed by atoms with E-state index in [1.54, 1.807) is 30.3 Å². The molecule has 1 fully saturated rings. The molecular weight excluding hydrogens is 368 g/mol. The molecule has 1 aromatic carbocycles. The number of aryl methyl sites for hydroxylation is 1. The first-order valence-electron chi connectivity index (χ1n) is 8.15. The molecule has 1 aliphatic heterocycles. The highest BCUT2D eigenvalue weighted by Gasteiger charge is 2.35. The molecule has 0 saturated carbocycles. The molecule has 0 atom stereocenters. The number of urea groups is 1. The number of rotatable bonds is 5. The topological polar surface area (TPSA) is 126 Å². The van der Waals surface area contributed by atoms with Crippen LogP contribution in [0.1, 0.15) is 21.7 Å². The van der Waals surface area contributed by atoms with Crippen LogP contribution in [0, 0.1) is 6.92 Å². The maximum atomic E-state index is 12.2. The van der Waals surface area contributed by atoms with Gasteiger partial charge in [-0.25, -0.2) is 14.5 Å². The third kappa shape index (κ3) is 3.63. The molecule has 1 aliphatic rings. The summed E-state index contributed by atoms with van der Waals surface area (Å²) in [6.45, 7) is 1.12. The standard InChI is InChI=1S/C19H16N2O7/c1-10-3-4-11(18(25)27-2)7-13(10)15-6-5-12(28-15)8-14-17(24)21(9-16(22)23)19(26)20-14/h3-8H,9H2,1-2H3,(H,20,26)(H,22,23)/b14-8+. The van der Waals surface area contributed by atoms with Gasteiger partial charge < -0.3 is 19.6 Å². The molecule has 28 heavy (non-hydrogen) atoms. The Hall–Kier alpha value is -3.88. The summed E-state index contributed by atoms with van der Waals surface area (Å²) in [5.74, 6) is -1.80. The van der Waals surface area contributed by atoms with Gasteiger partial charge in [0, 0.05) is 11.6 Å². The molecule has 2 aromatic rings. The summed E-state index contributed by atoms with van der Waals surface area (Å²) < 4.78 is 10.4. The second-order valence-electron chi connectivity index (χ2n) is 6.00. The van der Waals surface area contributed by atoms with Gasteiger partial charge in [0.1, 0.15) is 23.8 Å². The smallest absolute Gasteiger partial charge is 0.337 e. The summed E-state index contributed by atoms with van der Waals surface area (Å²) in [6, 6.07) is 7.46. The number of amides is 3. The van der Waals surface area contributed by atoms with Crippen LogP contribution in [0.25, 0.3) is 17.4 Å². The second kappa shape index (κ2) is 7.39. The maximum absolute atomic E-state index is 12.2. The van der Waals surface area contributed by atoms with E-state index in [0.717, 1.165) is 5.56 Å². The van der Waals surface area contributed by atoms with Crippen molar-refractivity contribution >= 4 is 30.0 Å². The number of carboxylic acid groups (broad SMARTS) is 1. The minimum atomic E-state index is -1.30. The van der Waals surface area contributed by atoms with E-state index in [1.165, 1.54) is 13.2 Å². The molecule has 2 heterocycles. The van der Waals surface area contributed by atoms with Crippen molar-refractivity contribution in [1.82, 2.24) is 10.2 Å². The summed E-state index contributed by atoms with van der Waals surface area (Å²) in [6.07, 6.45) is 1.31. The average Bonchev–Trinajstić information content (AvgIpc) is 3.21. The molecule has 9 heteroatoms. The molecule has 1 saturated heterocycles. The lowest BCUT2D eigenvalue weighted by Gasteiger charge is -2.06. The molecular formula is C19H16N2O7. The quantitative estimate of drug-likeness (QED) is 0.459. The normalized spacial score (nSPS) is 15.1. The number of ether oxygens (including phenoxy) is 1. The summed E-state index contributed by atoms with van der Waals surface area (Å²) in [7, 11) is 1.29. The molecule has 0 radical (unpaired) electrons. The number of carbonyl (C=O) groups is 4. The van der Waals surface area contributed by atoms with Crippen LogP contribution in [0.15, 0.2) is 40.4 Å². The van der Waals surface area contributed by atoms with Gasteiger partial charge in [-0.15, -0.1) is 0 Å². The summed E-state index contributed by atoms with van der Waals surface area (Å²) in [4.78, 5) is 47.0. The van der Waals surface area contributed by atoms with E-state index in [9.17, 15) is 19.2 Å². The third-order valence-corrected chi connectivity index (χ3v) is 4.09. The van der Waals surface area contributed by atoms with Crippen molar-refractivity contribution in [2.45, 2.75) is 6.92 Å². The number of esters is 1. The Labute approximate surface area is 159 Å². The number of hydrogen-bond donors (Lipinski definition) is 2. The lowest BCUT2D eigenvalue weighted by molar-refractivity contribution is -0.140. The number of benzene rings is 1. The van der Waals surface area contributed by atoms with Crippen LogP contribution in [0.4, 0.5) is 4.79 Å². The fourth-order valence-corrected chi connectivity index (χ4v) is 2.70. The number of furan rings is 1. The molecule has 0 spiro atoms. The van der Waals surface area contributed by atoms with Gasteiger partial charge in [0.05, 0.1) is 12.7 Å². The number of carboxylic acids is 1. The molecule has 1 aromatic heterocycles. The molecule has 0 bridgehead atoms. The molecule has 144 valence electrons. The Morgan fingerprint density at radius 1 is 1.25 bits per heavy atom. The first-order valence-corrected chi connectivity index (χ1v) is 8.15. The largest absolute Gasteiger partial charge is 0.480 e. The number of methoxy groups -OCH3 is 1. The number of carbonyl (C=O) groups excluding carboxylic acids is 3. The van der Waals surface area contributed by atoms with Gasteiger partial charge in [-0.05, 0) is 36.8 Å². The molecule has 9 nitrogen and oxygen atoms in total. The lowest BCUT2D eigenvalue weighted by atomic mass is 10.0. The Balaban J connectivity index is 1.88. The maximum Gasteiger partial charge on any atom is 0.337 e. The van der Waals surface area contributed by atoms with Crippen LogP contribution in [-0.4, -0.2) is 47.5 Å². The zero-order chi connectivity index (χ0) is 20.4. The molecule has 3 amide bonds. The zero-order valence-electron chi connectivity index (χ0n) is 15.0. The van der Waals surface area contributed by atoms with Crippen LogP contribution in [0.3, 0.4) is 0 Å². The van der Waals surface area contributed by atoms with Crippen LogP contribution in [0.2, 0.25) is 0 Å². The summed E-state index contributed by atoms with van der Waals surface area (Å²) >= 11 is 0. The van der Waals surface area contributed by atoms with Gasteiger partial charge in [-0.3, -0.25) is 9.59 Å². The highest BCUT2D eigenvalue weighted by molar-refractivity contribution is 6.15. The van der Waals surface area contributed by atoms with Crippen molar-refractivity contribution in [1.29, 1.82) is 0 Å². The van der Waals surface area contributed by atoms with E-state index in [2.05, 4.69) is 5.32 Å². The van der Waals surface area contributed by atoms with Crippen molar-refractivity contribution in [2.75, 3.05) is 13.7 Å². The van der Waals surface area contributed by atoms with E-state index in [0.29, 0.717) is 21.8 Å². The fourth-order valence-electron chi connectivity index (χ4n) is 2.70. The number of nitrogens with zero attached hydrogens (tertiary/aromatic N) is 1. The molecule has 0 aliphatic carbocycles. The fraction of sp³-hybridized carbons (Fsp3) is 0.158. The minimum absolute atomic E-state index is 0.0906. The average molecular weight is 384 g/mol. The monoisotopic (exact) mass is 384 g/mol. The van der Waals surface area contributed by atoms with Crippen molar-refractivity contribution in [3.05, 3.63) is 52.9 Å². The molecule has 0 unspecified atom stereocenters.